The molecule has 32 heavy (non-hydrogen) atoms. The molecule has 0 radical (unpaired) electrons. The predicted octanol–water partition coefficient (Wildman–Crippen LogP) is 4.38. The number of carbonyl (C=O) groups excluding carboxylic acids is 1. The zero-order valence-electron chi connectivity index (χ0n) is 20.7. The fourth-order valence-electron chi connectivity index (χ4n) is 3.75. The van der Waals surface area contributed by atoms with Crippen molar-refractivity contribution in [1.29, 1.82) is 0 Å². The summed E-state index contributed by atoms with van der Waals surface area (Å²) in [6.07, 6.45) is 16.9. The Balaban J connectivity index is 4.08. The summed E-state index contributed by atoms with van der Waals surface area (Å²) >= 11 is 0. The van der Waals surface area contributed by atoms with Crippen LogP contribution >= 0.6 is 0 Å². The third-order valence-corrected chi connectivity index (χ3v) is 5.98. The first-order chi connectivity index (χ1) is 15.5. The SMILES string of the molecule is CCCCCC/C=C\CCC(O)C(=O)NC(CO)C(O)C(O)CCCCCCCCCC. The van der Waals surface area contributed by atoms with Gasteiger partial charge in [-0.25, -0.2) is 0 Å². The third kappa shape index (κ3) is 16.7. The number of nitrogens with one attached hydrogen (secondary N) is 1. The van der Waals surface area contributed by atoms with Crippen molar-refractivity contribution in [3.05, 3.63) is 12.2 Å². The molecule has 0 aromatic rings. The topological polar surface area (TPSA) is 110 Å². The maximum Gasteiger partial charge on any atom is 0.249 e. The number of amides is 1. The molecular formula is C26H51NO5. The zero-order chi connectivity index (χ0) is 24.0. The number of hydrogen-bond donors (Lipinski definition) is 5. The molecular weight excluding hydrogens is 406 g/mol. The van der Waals surface area contributed by atoms with E-state index in [1.165, 1.54) is 51.4 Å². The number of carbonyl (C=O) groups is 1. The van der Waals surface area contributed by atoms with Crippen molar-refractivity contribution in [2.24, 2.45) is 0 Å². The number of allylic oxidation sites excluding steroid dienone is 2. The number of aliphatic hydroxyl groups is 4. The van der Waals surface area contributed by atoms with Crippen LogP contribution in [0.4, 0.5) is 0 Å². The highest BCUT2D eigenvalue weighted by Gasteiger charge is 2.28. The Morgan fingerprint density at radius 2 is 1.28 bits per heavy atom. The summed E-state index contributed by atoms with van der Waals surface area (Å²) in [7, 11) is 0. The van der Waals surface area contributed by atoms with Gasteiger partial charge in [0.2, 0.25) is 5.91 Å². The molecule has 0 aliphatic carbocycles. The van der Waals surface area contributed by atoms with Crippen molar-refractivity contribution >= 4 is 5.91 Å². The lowest BCUT2D eigenvalue weighted by Gasteiger charge is -2.27. The molecule has 6 heteroatoms. The normalized spacial score (nSPS) is 15.6. The minimum absolute atomic E-state index is 0.284. The standard InChI is InChI=1S/C26H51NO5/c1-3-5-7-9-11-13-15-17-19-23(29)25(31)22(21-28)27-26(32)24(30)20-18-16-14-12-10-8-6-4-2/h14,16,22-25,28-31H,3-13,15,17-21H2,1-2H3,(H,27,32)/b16-14-. The van der Waals surface area contributed by atoms with E-state index in [0.29, 0.717) is 12.8 Å². The Labute approximate surface area is 196 Å². The van der Waals surface area contributed by atoms with Gasteiger partial charge in [0.15, 0.2) is 0 Å². The van der Waals surface area contributed by atoms with Gasteiger partial charge in [0.25, 0.3) is 0 Å². The van der Waals surface area contributed by atoms with E-state index in [4.69, 9.17) is 0 Å². The van der Waals surface area contributed by atoms with Gasteiger partial charge >= 0.3 is 0 Å². The molecule has 0 bridgehead atoms. The van der Waals surface area contributed by atoms with Gasteiger partial charge in [0.1, 0.15) is 12.2 Å². The van der Waals surface area contributed by atoms with Crippen molar-refractivity contribution < 1.29 is 25.2 Å². The fraction of sp³-hybridized carbons (Fsp3) is 0.885. The van der Waals surface area contributed by atoms with Gasteiger partial charge in [0.05, 0.1) is 18.8 Å². The molecule has 190 valence electrons. The second kappa shape index (κ2) is 21.9. The zero-order valence-corrected chi connectivity index (χ0v) is 20.7. The average Bonchev–Trinajstić information content (AvgIpc) is 2.79. The molecule has 0 rings (SSSR count). The van der Waals surface area contributed by atoms with Crippen LogP contribution in [0.5, 0.6) is 0 Å². The molecule has 0 spiro atoms. The molecule has 4 unspecified atom stereocenters. The van der Waals surface area contributed by atoms with Crippen LogP contribution < -0.4 is 5.32 Å². The van der Waals surface area contributed by atoms with Crippen molar-refractivity contribution in [3.8, 4) is 0 Å². The number of rotatable bonds is 22. The summed E-state index contributed by atoms with van der Waals surface area (Å²) in [4.78, 5) is 12.2. The van der Waals surface area contributed by atoms with Gasteiger partial charge in [-0.2, -0.15) is 0 Å². The molecule has 0 aliphatic rings. The maximum absolute atomic E-state index is 12.2. The highest BCUT2D eigenvalue weighted by molar-refractivity contribution is 5.80. The van der Waals surface area contributed by atoms with E-state index in [0.717, 1.165) is 32.1 Å². The molecule has 0 aromatic heterocycles. The smallest absolute Gasteiger partial charge is 0.249 e. The first kappa shape index (κ1) is 31.0. The molecule has 0 aromatic carbocycles. The Morgan fingerprint density at radius 1 is 0.750 bits per heavy atom. The van der Waals surface area contributed by atoms with Crippen molar-refractivity contribution in [3.63, 3.8) is 0 Å². The van der Waals surface area contributed by atoms with E-state index >= 15 is 0 Å². The number of aliphatic hydroxyl groups excluding tert-OH is 4. The first-order valence-electron chi connectivity index (χ1n) is 13.1. The second-order valence-electron chi connectivity index (χ2n) is 9.03. The van der Waals surface area contributed by atoms with Crippen LogP contribution in [0.3, 0.4) is 0 Å². The lowest BCUT2D eigenvalue weighted by Crippen LogP contribution is -2.53. The van der Waals surface area contributed by atoms with Crippen LogP contribution in [0.15, 0.2) is 12.2 Å². The van der Waals surface area contributed by atoms with Gasteiger partial charge in [-0.15, -0.1) is 0 Å². The summed E-state index contributed by atoms with van der Waals surface area (Å²) in [5.74, 6) is -0.626. The van der Waals surface area contributed by atoms with Crippen LogP contribution in [0.1, 0.15) is 117 Å². The van der Waals surface area contributed by atoms with Gasteiger partial charge < -0.3 is 25.7 Å². The van der Waals surface area contributed by atoms with Crippen LogP contribution in [0.25, 0.3) is 0 Å². The monoisotopic (exact) mass is 457 g/mol. The minimum atomic E-state index is -1.26. The molecule has 5 N–H and O–H groups in total. The Bertz CT molecular complexity index is 457. The molecule has 0 fully saturated rings. The van der Waals surface area contributed by atoms with E-state index in [2.05, 4.69) is 25.2 Å². The third-order valence-electron chi connectivity index (χ3n) is 5.98. The average molecular weight is 458 g/mol. The van der Waals surface area contributed by atoms with Gasteiger partial charge in [-0.1, -0.05) is 96.6 Å². The lowest BCUT2D eigenvalue weighted by atomic mass is 9.99. The largest absolute Gasteiger partial charge is 0.394 e. The van der Waals surface area contributed by atoms with Gasteiger partial charge in [0, 0.05) is 0 Å². The fourth-order valence-corrected chi connectivity index (χ4v) is 3.75. The molecule has 1 amide bonds. The minimum Gasteiger partial charge on any atom is -0.394 e. The molecule has 6 nitrogen and oxygen atoms in total. The summed E-state index contributed by atoms with van der Waals surface area (Å²) in [6.45, 7) is 3.89. The van der Waals surface area contributed by atoms with E-state index < -0.39 is 36.9 Å². The molecule has 0 saturated carbocycles. The van der Waals surface area contributed by atoms with Crippen LogP contribution in [-0.4, -0.2) is 57.3 Å². The molecule has 0 aliphatic heterocycles. The van der Waals surface area contributed by atoms with Gasteiger partial charge in [-0.3, -0.25) is 4.79 Å². The Kier molecular flexibility index (Phi) is 21.2. The highest BCUT2D eigenvalue weighted by Crippen LogP contribution is 2.13. The molecule has 0 saturated heterocycles. The molecule has 4 atom stereocenters. The second-order valence-corrected chi connectivity index (χ2v) is 9.03. The van der Waals surface area contributed by atoms with Crippen molar-refractivity contribution in [2.75, 3.05) is 6.61 Å². The maximum atomic E-state index is 12.2. The highest BCUT2D eigenvalue weighted by atomic mass is 16.3. The Hall–Kier alpha value is -0.950. The van der Waals surface area contributed by atoms with E-state index in [1.54, 1.807) is 0 Å². The van der Waals surface area contributed by atoms with Crippen molar-refractivity contribution in [1.82, 2.24) is 5.32 Å². The predicted molar refractivity (Wildman–Crippen MR) is 131 cm³/mol. The summed E-state index contributed by atoms with van der Waals surface area (Å²) in [5.41, 5.74) is 0. The van der Waals surface area contributed by atoms with E-state index in [1.807, 2.05) is 6.08 Å². The van der Waals surface area contributed by atoms with Crippen LogP contribution in [0, 0.1) is 0 Å². The van der Waals surface area contributed by atoms with Gasteiger partial charge in [-0.05, 0) is 32.1 Å². The van der Waals surface area contributed by atoms with Crippen LogP contribution in [-0.2, 0) is 4.79 Å². The number of unbranched alkanes of at least 4 members (excludes halogenated alkanes) is 11. The first-order valence-corrected chi connectivity index (χ1v) is 13.1. The lowest BCUT2D eigenvalue weighted by molar-refractivity contribution is -0.132. The summed E-state index contributed by atoms with van der Waals surface area (Å²) in [6, 6.07) is -0.990. The van der Waals surface area contributed by atoms with Crippen LogP contribution in [0.2, 0.25) is 0 Å². The Morgan fingerprint density at radius 3 is 1.88 bits per heavy atom. The summed E-state index contributed by atoms with van der Waals surface area (Å²) in [5, 5.41) is 42.6. The van der Waals surface area contributed by atoms with E-state index in [9.17, 15) is 25.2 Å². The number of hydrogen-bond acceptors (Lipinski definition) is 5. The summed E-state index contributed by atoms with van der Waals surface area (Å²) < 4.78 is 0. The quantitative estimate of drug-likeness (QED) is 0.122. The molecule has 0 heterocycles. The van der Waals surface area contributed by atoms with E-state index in [-0.39, 0.29) is 6.42 Å². The van der Waals surface area contributed by atoms with Crippen molar-refractivity contribution in [2.45, 2.75) is 141 Å².